The summed E-state index contributed by atoms with van der Waals surface area (Å²) in [6, 6.07) is 13.2. The topological polar surface area (TPSA) is 93.5 Å². The Morgan fingerprint density at radius 3 is 2.62 bits per heavy atom. The summed E-state index contributed by atoms with van der Waals surface area (Å²) in [5.41, 5.74) is 5.46. The summed E-state index contributed by atoms with van der Waals surface area (Å²) in [6.07, 6.45) is 0.520. The van der Waals surface area contributed by atoms with E-state index in [1.165, 1.54) is 7.11 Å². The molecule has 2 aromatic carbocycles. The molecule has 34 heavy (non-hydrogen) atoms. The van der Waals surface area contributed by atoms with Crippen molar-refractivity contribution in [2.75, 3.05) is 38.3 Å². The van der Waals surface area contributed by atoms with Gasteiger partial charge >= 0.3 is 0 Å². The number of morpholine rings is 1. The minimum atomic E-state index is -1.05. The van der Waals surface area contributed by atoms with Gasteiger partial charge in [-0.1, -0.05) is 11.6 Å². The third kappa shape index (κ3) is 4.27. The number of rotatable bonds is 5. The molecule has 0 amide bonds. The van der Waals surface area contributed by atoms with Crippen molar-refractivity contribution in [3.63, 3.8) is 0 Å². The first-order valence-electron chi connectivity index (χ1n) is 11.0. The highest BCUT2D eigenvalue weighted by Crippen LogP contribution is 2.36. The number of aromatic nitrogens is 4. The molecule has 1 N–H and O–H groups in total. The van der Waals surface area contributed by atoms with E-state index in [0.717, 1.165) is 59.7 Å². The number of aliphatic hydroxyl groups excluding tert-OH is 1. The number of methoxy groups -OCH3 is 1. The van der Waals surface area contributed by atoms with E-state index in [2.05, 4.69) is 43.3 Å². The van der Waals surface area contributed by atoms with E-state index in [4.69, 9.17) is 21.1 Å². The molecule has 5 rings (SSSR count). The molecule has 0 saturated carbocycles. The molecule has 3 heterocycles. The second-order valence-corrected chi connectivity index (χ2v) is 8.52. The maximum absolute atomic E-state index is 11.0. The number of aryl methyl sites for hydroxylation is 1. The number of aliphatic hydroxyl groups is 1. The summed E-state index contributed by atoms with van der Waals surface area (Å²) in [5.74, 6) is 0.371. The second-order valence-electron chi connectivity index (χ2n) is 8.11. The van der Waals surface area contributed by atoms with Crippen molar-refractivity contribution in [3.8, 4) is 17.1 Å². The summed E-state index contributed by atoms with van der Waals surface area (Å²) in [5, 5.41) is 20.4. The average molecular weight is 478 g/mol. The van der Waals surface area contributed by atoms with Gasteiger partial charge in [0, 0.05) is 46.4 Å². The summed E-state index contributed by atoms with van der Waals surface area (Å²) in [4.78, 5) is 11.4. The van der Waals surface area contributed by atoms with Crippen molar-refractivity contribution in [2.24, 2.45) is 0 Å². The van der Waals surface area contributed by atoms with Gasteiger partial charge in [-0.3, -0.25) is 0 Å². The zero-order valence-electron chi connectivity index (χ0n) is 18.9. The van der Waals surface area contributed by atoms with Gasteiger partial charge in [0.2, 0.25) is 5.88 Å². The fraction of sp³-hybridized carbons (Fsp3) is 0.280. The van der Waals surface area contributed by atoms with Crippen LogP contribution in [0.25, 0.3) is 22.2 Å². The number of hydrogen-bond donors (Lipinski definition) is 1. The highest BCUT2D eigenvalue weighted by atomic mass is 35.5. The molecule has 1 aliphatic rings. The van der Waals surface area contributed by atoms with Crippen molar-refractivity contribution >= 4 is 28.2 Å². The quantitative estimate of drug-likeness (QED) is 0.461. The van der Waals surface area contributed by atoms with Crippen LogP contribution >= 0.6 is 11.6 Å². The molecule has 0 bridgehead atoms. The van der Waals surface area contributed by atoms with E-state index in [9.17, 15) is 5.11 Å². The number of ether oxygens (including phenoxy) is 2. The van der Waals surface area contributed by atoms with E-state index < -0.39 is 6.10 Å². The first-order valence-corrected chi connectivity index (χ1v) is 11.4. The number of fused-ring (bicyclic) bond motifs is 1. The molecule has 2 aromatic heterocycles. The molecular formula is C25H24ClN5O3. The molecule has 174 valence electrons. The summed E-state index contributed by atoms with van der Waals surface area (Å²) >= 11 is 6.54. The van der Waals surface area contributed by atoms with Gasteiger partial charge in [0.1, 0.15) is 12.4 Å². The SMILES string of the molecule is COc1ccc([C@@H](O)c2cc(-c3ncnc4cc(N5CCOCC5)ccc34)c(C)cc2Cl)nn1. The van der Waals surface area contributed by atoms with Gasteiger partial charge in [0.15, 0.2) is 0 Å². The largest absolute Gasteiger partial charge is 0.480 e. The van der Waals surface area contributed by atoms with Gasteiger partial charge in [0.25, 0.3) is 0 Å². The van der Waals surface area contributed by atoms with Crippen LogP contribution in [0, 0.1) is 6.92 Å². The maximum Gasteiger partial charge on any atom is 0.233 e. The van der Waals surface area contributed by atoms with E-state index in [1.54, 1.807) is 18.5 Å². The number of benzene rings is 2. The van der Waals surface area contributed by atoms with E-state index in [0.29, 0.717) is 22.2 Å². The summed E-state index contributed by atoms with van der Waals surface area (Å²) < 4.78 is 10.5. The molecule has 0 aliphatic carbocycles. The van der Waals surface area contributed by atoms with Crippen molar-refractivity contribution in [1.29, 1.82) is 0 Å². The van der Waals surface area contributed by atoms with Crippen molar-refractivity contribution in [3.05, 3.63) is 70.6 Å². The van der Waals surface area contributed by atoms with Crippen LogP contribution in [0.4, 0.5) is 5.69 Å². The van der Waals surface area contributed by atoms with Gasteiger partial charge in [-0.2, -0.15) is 0 Å². The van der Waals surface area contributed by atoms with Crippen LogP contribution in [0.3, 0.4) is 0 Å². The predicted octanol–water partition coefficient (Wildman–Crippen LogP) is 3.98. The minimum Gasteiger partial charge on any atom is -0.480 e. The Morgan fingerprint density at radius 2 is 1.88 bits per heavy atom. The highest BCUT2D eigenvalue weighted by molar-refractivity contribution is 6.31. The third-order valence-electron chi connectivity index (χ3n) is 6.04. The Hall–Kier alpha value is -3.33. The minimum absolute atomic E-state index is 0.371. The van der Waals surface area contributed by atoms with Gasteiger partial charge in [-0.25, -0.2) is 9.97 Å². The standard InChI is InChI=1S/C25H24ClN5O3/c1-15-11-20(26)19(25(32)21-5-6-23(33-2)30-29-21)13-18(15)24-17-4-3-16(12-22(17)27-14-28-24)31-7-9-34-10-8-31/h3-6,11-14,25,32H,7-10H2,1-2H3/t25-/m0/s1. The second kappa shape index (κ2) is 9.50. The fourth-order valence-corrected chi connectivity index (χ4v) is 4.50. The Bertz CT molecular complexity index is 1330. The molecule has 1 atom stereocenters. The summed E-state index contributed by atoms with van der Waals surface area (Å²) in [7, 11) is 1.51. The molecule has 9 heteroatoms. The molecular weight excluding hydrogens is 454 g/mol. The lowest BCUT2D eigenvalue weighted by molar-refractivity contribution is 0.122. The van der Waals surface area contributed by atoms with Crippen LogP contribution in [0.5, 0.6) is 5.88 Å². The lowest BCUT2D eigenvalue weighted by Crippen LogP contribution is -2.36. The van der Waals surface area contributed by atoms with Crippen molar-refractivity contribution in [2.45, 2.75) is 13.0 Å². The molecule has 0 spiro atoms. The van der Waals surface area contributed by atoms with Gasteiger partial charge in [-0.05, 0) is 48.9 Å². The van der Waals surface area contributed by atoms with Gasteiger partial charge < -0.3 is 19.5 Å². The van der Waals surface area contributed by atoms with E-state index in [1.807, 2.05) is 19.1 Å². The Labute approximate surface area is 202 Å². The number of nitrogens with zero attached hydrogens (tertiary/aromatic N) is 5. The number of hydrogen-bond acceptors (Lipinski definition) is 8. The smallest absolute Gasteiger partial charge is 0.233 e. The monoisotopic (exact) mass is 477 g/mol. The van der Waals surface area contributed by atoms with Crippen LogP contribution in [-0.4, -0.2) is 58.7 Å². The summed E-state index contributed by atoms with van der Waals surface area (Å²) in [6.45, 7) is 5.13. The molecule has 8 nitrogen and oxygen atoms in total. The van der Waals surface area contributed by atoms with E-state index in [-0.39, 0.29) is 0 Å². The Kier molecular flexibility index (Phi) is 6.28. The highest BCUT2D eigenvalue weighted by Gasteiger charge is 2.20. The zero-order chi connectivity index (χ0) is 23.7. The Balaban J connectivity index is 1.55. The van der Waals surface area contributed by atoms with Crippen LogP contribution in [0.15, 0.2) is 48.8 Å². The first-order chi connectivity index (χ1) is 16.5. The fourth-order valence-electron chi connectivity index (χ4n) is 4.18. The molecule has 1 saturated heterocycles. The number of halogens is 1. The molecule has 1 fully saturated rings. The van der Waals surface area contributed by atoms with E-state index >= 15 is 0 Å². The number of anilines is 1. The van der Waals surface area contributed by atoms with Crippen LogP contribution < -0.4 is 9.64 Å². The van der Waals surface area contributed by atoms with Crippen molar-refractivity contribution in [1.82, 2.24) is 20.2 Å². The van der Waals surface area contributed by atoms with Gasteiger partial charge in [0.05, 0.1) is 37.2 Å². The maximum atomic E-state index is 11.0. The average Bonchev–Trinajstić information content (AvgIpc) is 2.88. The zero-order valence-corrected chi connectivity index (χ0v) is 19.7. The van der Waals surface area contributed by atoms with Crippen LogP contribution in [0.2, 0.25) is 5.02 Å². The van der Waals surface area contributed by atoms with Gasteiger partial charge in [-0.15, -0.1) is 10.2 Å². The first kappa shape index (κ1) is 22.5. The lowest BCUT2D eigenvalue weighted by atomic mass is 9.96. The molecule has 1 aliphatic heterocycles. The predicted molar refractivity (Wildman–Crippen MR) is 130 cm³/mol. The molecule has 0 unspecified atom stereocenters. The Morgan fingerprint density at radius 1 is 1.06 bits per heavy atom. The molecule has 4 aromatic rings. The van der Waals surface area contributed by atoms with Crippen molar-refractivity contribution < 1.29 is 14.6 Å². The molecule has 0 radical (unpaired) electrons. The van der Waals surface area contributed by atoms with Crippen LogP contribution in [-0.2, 0) is 4.74 Å². The van der Waals surface area contributed by atoms with Crippen LogP contribution in [0.1, 0.15) is 22.9 Å². The lowest BCUT2D eigenvalue weighted by Gasteiger charge is -2.29. The third-order valence-corrected chi connectivity index (χ3v) is 6.37. The normalized spacial score (nSPS) is 14.9.